The van der Waals surface area contributed by atoms with Crippen molar-refractivity contribution in [2.75, 3.05) is 18.0 Å². The smallest absolute Gasteiger partial charge is 0.404 e. The highest BCUT2D eigenvalue weighted by Crippen LogP contribution is 2.32. The predicted molar refractivity (Wildman–Crippen MR) is 113 cm³/mol. The fourth-order valence-corrected chi connectivity index (χ4v) is 3.90. The Hall–Kier alpha value is -3.25. The highest BCUT2D eigenvalue weighted by molar-refractivity contribution is 9.10. The Balaban J connectivity index is 1.75. The molecule has 1 aliphatic rings. The van der Waals surface area contributed by atoms with Crippen molar-refractivity contribution in [3.63, 3.8) is 0 Å². The highest BCUT2D eigenvalue weighted by atomic mass is 79.9. The van der Waals surface area contributed by atoms with Crippen LogP contribution in [0.5, 0.6) is 0 Å². The van der Waals surface area contributed by atoms with Gasteiger partial charge in [-0.25, -0.2) is 19.2 Å². The van der Waals surface area contributed by atoms with Crippen LogP contribution in [-0.4, -0.2) is 35.3 Å². The maximum atomic E-state index is 14.3. The molecule has 1 aromatic heterocycles. The Morgan fingerprint density at radius 3 is 2.67 bits per heavy atom. The van der Waals surface area contributed by atoms with Crippen LogP contribution in [0.4, 0.5) is 15.1 Å². The maximum absolute atomic E-state index is 14.3. The third-order valence-electron chi connectivity index (χ3n) is 5.02. The summed E-state index contributed by atoms with van der Waals surface area (Å²) in [5.41, 5.74) is 6.95. The molecule has 4 rings (SSSR count). The van der Waals surface area contributed by atoms with E-state index in [0.717, 1.165) is 15.4 Å². The summed E-state index contributed by atoms with van der Waals surface area (Å²) in [7, 11) is 0. The lowest BCUT2D eigenvalue weighted by molar-refractivity contribution is 0.0911. The summed E-state index contributed by atoms with van der Waals surface area (Å²) in [6.45, 7) is 1.20. The number of rotatable bonds is 3. The minimum atomic E-state index is -0.772. The molecule has 2 aromatic carbocycles. The van der Waals surface area contributed by atoms with Gasteiger partial charge < -0.3 is 15.4 Å². The summed E-state index contributed by atoms with van der Waals surface area (Å²) in [6.07, 6.45) is 0.241. The molecule has 1 saturated heterocycles. The number of benzene rings is 2. The second-order valence-corrected chi connectivity index (χ2v) is 7.88. The third-order valence-corrected chi connectivity index (χ3v) is 5.51. The van der Waals surface area contributed by atoms with E-state index < -0.39 is 11.9 Å². The Morgan fingerprint density at radius 2 is 2.00 bits per heavy atom. The number of hydrogen-bond donors (Lipinski definition) is 1. The Kier molecular flexibility index (Phi) is 5.50. The third kappa shape index (κ3) is 4.04. The number of carbonyl (C=O) groups is 1. The largest absolute Gasteiger partial charge is 0.446 e. The molecule has 9 heteroatoms. The zero-order chi connectivity index (χ0) is 21.3. The van der Waals surface area contributed by atoms with Crippen molar-refractivity contribution in [3.8, 4) is 17.3 Å². The number of amides is 1. The van der Waals surface area contributed by atoms with Crippen LogP contribution < -0.4 is 10.6 Å². The Bertz CT molecular complexity index is 1170. The van der Waals surface area contributed by atoms with Crippen molar-refractivity contribution in [1.29, 1.82) is 5.26 Å². The van der Waals surface area contributed by atoms with Crippen molar-refractivity contribution in [1.82, 2.24) is 9.97 Å². The van der Waals surface area contributed by atoms with E-state index in [1.807, 2.05) is 29.2 Å². The van der Waals surface area contributed by atoms with E-state index in [1.54, 1.807) is 6.07 Å². The van der Waals surface area contributed by atoms with Crippen molar-refractivity contribution in [2.45, 2.75) is 18.9 Å². The molecule has 0 saturated carbocycles. The molecule has 0 aliphatic carbocycles. The van der Waals surface area contributed by atoms with Gasteiger partial charge in [0, 0.05) is 41.4 Å². The number of nitrogens with zero attached hydrogens (tertiary/aromatic N) is 4. The number of halogens is 2. The zero-order valence-electron chi connectivity index (χ0n) is 15.8. The van der Waals surface area contributed by atoms with Gasteiger partial charge >= 0.3 is 6.09 Å². The molecule has 152 valence electrons. The molecule has 1 amide bonds. The van der Waals surface area contributed by atoms with Crippen LogP contribution in [-0.2, 0) is 4.74 Å². The van der Waals surface area contributed by atoms with Gasteiger partial charge in [0.15, 0.2) is 0 Å². The molecule has 2 heterocycles. The van der Waals surface area contributed by atoms with Gasteiger partial charge in [0.25, 0.3) is 0 Å². The van der Waals surface area contributed by atoms with E-state index in [2.05, 4.69) is 20.9 Å². The maximum Gasteiger partial charge on any atom is 0.404 e. The SMILES string of the molecule is N#Cc1ccc(-c2nc(N3CCC(OC(N)=O)CC3)nc3ccc(Br)cc23)cc1F. The first kappa shape index (κ1) is 20.0. The van der Waals surface area contributed by atoms with Gasteiger partial charge in [-0.05, 0) is 30.3 Å². The number of ether oxygens (including phenoxy) is 1. The van der Waals surface area contributed by atoms with E-state index in [0.29, 0.717) is 43.1 Å². The van der Waals surface area contributed by atoms with Crippen molar-refractivity contribution >= 4 is 38.9 Å². The van der Waals surface area contributed by atoms with E-state index in [1.165, 1.54) is 12.1 Å². The first-order chi connectivity index (χ1) is 14.4. The summed E-state index contributed by atoms with van der Waals surface area (Å²) in [5, 5.41) is 9.78. The second-order valence-electron chi connectivity index (χ2n) is 6.96. The second kappa shape index (κ2) is 8.24. The molecular formula is C21H17BrFN5O2. The van der Waals surface area contributed by atoms with Gasteiger partial charge in [-0.15, -0.1) is 0 Å². The zero-order valence-corrected chi connectivity index (χ0v) is 17.4. The van der Waals surface area contributed by atoms with Crippen LogP contribution in [0.1, 0.15) is 18.4 Å². The number of nitrogens with two attached hydrogens (primary N) is 1. The summed E-state index contributed by atoms with van der Waals surface area (Å²) < 4.78 is 20.2. The number of nitriles is 1. The molecule has 0 spiro atoms. The first-order valence-corrected chi connectivity index (χ1v) is 10.1. The van der Waals surface area contributed by atoms with Crippen molar-refractivity contribution in [2.24, 2.45) is 5.73 Å². The molecule has 0 unspecified atom stereocenters. The molecule has 1 aliphatic heterocycles. The predicted octanol–water partition coefficient (Wildman–Crippen LogP) is 4.13. The van der Waals surface area contributed by atoms with Crippen LogP contribution in [0.3, 0.4) is 0 Å². The van der Waals surface area contributed by atoms with Crippen LogP contribution in [0.25, 0.3) is 22.2 Å². The normalized spacial score (nSPS) is 14.5. The highest BCUT2D eigenvalue weighted by Gasteiger charge is 2.24. The number of carbonyl (C=O) groups excluding carboxylic acids is 1. The molecule has 0 bridgehead atoms. The molecule has 2 N–H and O–H groups in total. The van der Waals surface area contributed by atoms with Crippen LogP contribution in [0.15, 0.2) is 40.9 Å². The van der Waals surface area contributed by atoms with Gasteiger partial charge in [0.2, 0.25) is 5.95 Å². The number of primary amides is 1. The van der Waals surface area contributed by atoms with Gasteiger partial charge in [-0.3, -0.25) is 0 Å². The van der Waals surface area contributed by atoms with Crippen LogP contribution in [0, 0.1) is 17.1 Å². The standard InChI is InChI=1S/C21H17BrFN5O2/c22-14-3-4-18-16(10-14)19(12-1-2-13(11-24)17(23)9-12)27-21(26-18)28-7-5-15(6-8-28)30-20(25)29/h1-4,9-10,15H,5-8H2,(H2,25,29). The number of anilines is 1. The minimum absolute atomic E-state index is 0.0185. The van der Waals surface area contributed by atoms with Gasteiger partial charge in [-0.1, -0.05) is 22.0 Å². The number of aromatic nitrogens is 2. The molecule has 3 aromatic rings. The average Bonchev–Trinajstić information content (AvgIpc) is 2.73. The van der Waals surface area contributed by atoms with E-state index >= 15 is 0 Å². The monoisotopic (exact) mass is 469 g/mol. The summed E-state index contributed by atoms with van der Waals surface area (Å²) in [4.78, 5) is 22.4. The fraction of sp³-hybridized carbons (Fsp3) is 0.238. The Morgan fingerprint density at radius 1 is 1.23 bits per heavy atom. The summed E-state index contributed by atoms with van der Waals surface area (Å²) in [6, 6.07) is 11.9. The molecule has 30 heavy (non-hydrogen) atoms. The number of piperidine rings is 1. The topological polar surface area (TPSA) is 105 Å². The van der Waals surface area contributed by atoms with Crippen LogP contribution >= 0.6 is 15.9 Å². The molecule has 0 radical (unpaired) electrons. The Labute approximate surface area is 180 Å². The van der Waals surface area contributed by atoms with E-state index in [-0.39, 0.29) is 11.7 Å². The van der Waals surface area contributed by atoms with Crippen molar-refractivity contribution in [3.05, 3.63) is 52.3 Å². The van der Waals surface area contributed by atoms with E-state index in [9.17, 15) is 9.18 Å². The lowest BCUT2D eigenvalue weighted by Gasteiger charge is -2.31. The minimum Gasteiger partial charge on any atom is -0.446 e. The fourth-order valence-electron chi connectivity index (χ4n) is 3.54. The summed E-state index contributed by atoms with van der Waals surface area (Å²) >= 11 is 3.46. The van der Waals surface area contributed by atoms with Gasteiger partial charge in [-0.2, -0.15) is 5.26 Å². The number of fused-ring (bicyclic) bond motifs is 1. The average molecular weight is 470 g/mol. The van der Waals surface area contributed by atoms with Crippen LogP contribution in [0.2, 0.25) is 0 Å². The molecule has 0 atom stereocenters. The van der Waals surface area contributed by atoms with E-state index in [4.69, 9.17) is 20.7 Å². The quantitative estimate of drug-likeness (QED) is 0.617. The van der Waals surface area contributed by atoms with Crippen molar-refractivity contribution < 1.29 is 13.9 Å². The van der Waals surface area contributed by atoms with Gasteiger partial charge in [0.1, 0.15) is 18.0 Å². The first-order valence-electron chi connectivity index (χ1n) is 9.33. The number of hydrogen-bond acceptors (Lipinski definition) is 6. The molecule has 7 nitrogen and oxygen atoms in total. The summed E-state index contributed by atoms with van der Waals surface area (Å²) in [5.74, 6) is -0.0789. The lowest BCUT2D eigenvalue weighted by atomic mass is 10.0. The lowest BCUT2D eigenvalue weighted by Crippen LogP contribution is -2.39. The molecular weight excluding hydrogens is 453 g/mol. The molecule has 1 fully saturated rings. The van der Waals surface area contributed by atoms with Gasteiger partial charge in [0.05, 0.1) is 16.8 Å².